The third-order valence-corrected chi connectivity index (χ3v) is 3.38. The third-order valence-electron chi connectivity index (χ3n) is 3.38. The van der Waals surface area contributed by atoms with Crippen LogP contribution in [0.1, 0.15) is 22.0 Å². The molecule has 21 heavy (non-hydrogen) atoms. The summed E-state index contributed by atoms with van der Waals surface area (Å²) in [5, 5.41) is 2.80. The topological polar surface area (TPSA) is 32.3 Å². The van der Waals surface area contributed by atoms with Crippen molar-refractivity contribution in [3.05, 3.63) is 71.5 Å². The second kappa shape index (κ2) is 6.99. The number of rotatable bonds is 5. The zero-order chi connectivity index (χ0) is 15.2. The van der Waals surface area contributed by atoms with E-state index in [4.69, 9.17) is 0 Å². The van der Waals surface area contributed by atoms with E-state index in [0.717, 1.165) is 5.56 Å². The van der Waals surface area contributed by atoms with Crippen molar-refractivity contribution >= 4 is 5.91 Å². The highest BCUT2D eigenvalue weighted by Gasteiger charge is 2.16. The number of nitrogens with one attached hydrogen (secondary N) is 1. The average molecular weight is 286 g/mol. The lowest BCUT2D eigenvalue weighted by molar-refractivity contribution is 0.0938. The Morgan fingerprint density at radius 2 is 1.71 bits per heavy atom. The quantitative estimate of drug-likeness (QED) is 0.916. The Morgan fingerprint density at radius 3 is 2.33 bits per heavy atom. The summed E-state index contributed by atoms with van der Waals surface area (Å²) in [5.74, 6) is -0.896. The molecule has 0 aliphatic heterocycles. The summed E-state index contributed by atoms with van der Waals surface area (Å²) in [5.41, 5.74) is 1.18. The van der Waals surface area contributed by atoms with Crippen molar-refractivity contribution in [1.82, 2.24) is 10.2 Å². The van der Waals surface area contributed by atoms with Gasteiger partial charge in [-0.05, 0) is 31.8 Å². The molecule has 2 aromatic rings. The van der Waals surface area contributed by atoms with E-state index in [1.807, 2.05) is 49.3 Å². The van der Waals surface area contributed by atoms with Crippen molar-refractivity contribution in [2.75, 3.05) is 20.6 Å². The maximum absolute atomic E-state index is 13.6. The lowest BCUT2D eigenvalue weighted by Gasteiger charge is -2.25. The molecular weight excluding hydrogens is 267 g/mol. The predicted octanol–water partition coefficient (Wildman–Crippen LogP) is 2.86. The summed E-state index contributed by atoms with van der Waals surface area (Å²) < 4.78 is 13.6. The first-order valence-electron chi connectivity index (χ1n) is 6.83. The number of hydrogen-bond acceptors (Lipinski definition) is 2. The molecule has 0 bridgehead atoms. The normalized spacial score (nSPS) is 12.2. The highest BCUT2D eigenvalue weighted by molar-refractivity contribution is 5.94. The number of amides is 1. The molecule has 0 fully saturated rings. The molecule has 1 amide bonds. The van der Waals surface area contributed by atoms with E-state index in [9.17, 15) is 9.18 Å². The maximum Gasteiger partial charge on any atom is 0.254 e. The van der Waals surface area contributed by atoms with Crippen LogP contribution in [-0.2, 0) is 0 Å². The highest BCUT2D eigenvalue weighted by atomic mass is 19.1. The van der Waals surface area contributed by atoms with Crippen LogP contribution in [-0.4, -0.2) is 31.4 Å². The van der Waals surface area contributed by atoms with Gasteiger partial charge < -0.3 is 10.2 Å². The largest absolute Gasteiger partial charge is 0.350 e. The summed E-state index contributed by atoms with van der Waals surface area (Å²) in [6.45, 7) is 0.421. The van der Waals surface area contributed by atoms with Crippen LogP contribution in [0, 0.1) is 5.82 Å². The van der Waals surface area contributed by atoms with Gasteiger partial charge in [0.05, 0.1) is 11.6 Å². The first-order chi connectivity index (χ1) is 10.1. The lowest BCUT2D eigenvalue weighted by Crippen LogP contribution is -2.34. The van der Waals surface area contributed by atoms with E-state index in [-0.39, 0.29) is 11.6 Å². The van der Waals surface area contributed by atoms with Gasteiger partial charge in [0.15, 0.2) is 0 Å². The minimum Gasteiger partial charge on any atom is -0.350 e. The van der Waals surface area contributed by atoms with Crippen LogP contribution in [0.2, 0.25) is 0 Å². The molecule has 0 saturated carbocycles. The molecule has 0 radical (unpaired) electrons. The molecular formula is C17H19FN2O. The van der Waals surface area contributed by atoms with Crippen molar-refractivity contribution in [1.29, 1.82) is 0 Å². The van der Waals surface area contributed by atoms with E-state index < -0.39 is 11.7 Å². The number of halogens is 1. The molecule has 2 rings (SSSR count). The zero-order valence-electron chi connectivity index (χ0n) is 12.2. The van der Waals surface area contributed by atoms with Gasteiger partial charge >= 0.3 is 0 Å². The van der Waals surface area contributed by atoms with E-state index in [2.05, 4.69) is 5.32 Å². The molecule has 3 nitrogen and oxygen atoms in total. The predicted molar refractivity (Wildman–Crippen MR) is 81.6 cm³/mol. The van der Waals surface area contributed by atoms with E-state index in [1.54, 1.807) is 12.1 Å². The van der Waals surface area contributed by atoms with Gasteiger partial charge in [0.2, 0.25) is 0 Å². The first kappa shape index (κ1) is 15.2. The molecule has 4 heteroatoms. The van der Waals surface area contributed by atoms with Crippen LogP contribution in [0.3, 0.4) is 0 Å². The number of benzene rings is 2. The molecule has 0 spiro atoms. The number of carbonyl (C=O) groups is 1. The Bertz CT molecular complexity index is 599. The summed E-state index contributed by atoms with van der Waals surface area (Å²) in [7, 11) is 3.90. The number of carbonyl (C=O) groups excluding carboxylic acids is 1. The number of hydrogen-bond donors (Lipinski definition) is 1. The number of nitrogens with zero attached hydrogens (tertiary/aromatic N) is 1. The summed E-state index contributed by atoms with van der Waals surface area (Å²) in [6, 6.07) is 15.9. The molecule has 2 aromatic carbocycles. The Labute approximate surface area is 124 Å². The Kier molecular flexibility index (Phi) is 5.06. The van der Waals surface area contributed by atoms with E-state index >= 15 is 0 Å². The molecule has 0 saturated heterocycles. The van der Waals surface area contributed by atoms with Crippen molar-refractivity contribution in [2.45, 2.75) is 6.04 Å². The van der Waals surface area contributed by atoms with Gasteiger partial charge in [-0.1, -0.05) is 42.5 Å². The molecule has 110 valence electrons. The Balaban J connectivity index is 2.06. The first-order valence-corrected chi connectivity index (χ1v) is 6.83. The average Bonchev–Trinajstić information content (AvgIpc) is 2.48. The molecule has 0 heterocycles. The van der Waals surface area contributed by atoms with Crippen molar-refractivity contribution in [3.8, 4) is 0 Å². The smallest absolute Gasteiger partial charge is 0.254 e. The van der Waals surface area contributed by atoms with E-state index in [0.29, 0.717) is 6.54 Å². The fourth-order valence-corrected chi connectivity index (χ4v) is 2.20. The number of likely N-dealkylation sites (N-methyl/N-ethyl adjacent to an activating group) is 1. The van der Waals surface area contributed by atoms with Crippen LogP contribution in [0.5, 0.6) is 0 Å². The summed E-state index contributed by atoms with van der Waals surface area (Å²) >= 11 is 0. The van der Waals surface area contributed by atoms with Gasteiger partial charge in [0.25, 0.3) is 5.91 Å². The standard InChI is InChI=1S/C17H19FN2O/c1-20(2)16(13-8-4-3-5-9-13)12-19-17(21)14-10-6-7-11-15(14)18/h3-11,16H,12H2,1-2H3,(H,19,21)/t16-/m1/s1. The van der Waals surface area contributed by atoms with E-state index in [1.165, 1.54) is 12.1 Å². The molecule has 0 aliphatic rings. The van der Waals surface area contributed by atoms with Crippen LogP contribution in [0.25, 0.3) is 0 Å². The summed E-state index contributed by atoms with van der Waals surface area (Å²) in [4.78, 5) is 14.1. The Morgan fingerprint density at radius 1 is 1.10 bits per heavy atom. The van der Waals surface area contributed by atoms with Gasteiger partial charge in [-0.3, -0.25) is 4.79 Å². The Hall–Kier alpha value is -2.20. The molecule has 0 unspecified atom stereocenters. The van der Waals surface area contributed by atoms with Crippen molar-refractivity contribution < 1.29 is 9.18 Å². The molecule has 1 N–H and O–H groups in total. The highest BCUT2D eigenvalue weighted by Crippen LogP contribution is 2.17. The van der Waals surface area contributed by atoms with Gasteiger partial charge in [-0.15, -0.1) is 0 Å². The lowest BCUT2D eigenvalue weighted by atomic mass is 10.1. The molecule has 1 atom stereocenters. The van der Waals surface area contributed by atoms with Crippen LogP contribution in [0.15, 0.2) is 54.6 Å². The SMILES string of the molecule is CN(C)[C@H](CNC(=O)c1ccccc1F)c1ccccc1. The van der Waals surface area contributed by atoms with Gasteiger partial charge in [0, 0.05) is 6.54 Å². The maximum atomic E-state index is 13.6. The zero-order valence-corrected chi connectivity index (χ0v) is 12.2. The van der Waals surface area contributed by atoms with Gasteiger partial charge in [-0.25, -0.2) is 4.39 Å². The minimum absolute atomic E-state index is 0.0434. The van der Waals surface area contributed by atoms with Crippen LogP contribution < -0.4 is 5.32 Å². The summed E-state index contributed by atoms with van der Waals surface area (Å²) in [6.07, 6.45) is 0. The van der Waals surface area contributed by atoms with Crippen molar-refractivity contribution in [2.24, 2.45) is 0 Å². The van der Waals surface area contributed by atoms with Crippen molar-refractivity contribution in [3.63, 3.8) is 0 Å². The minimum atomic E-state index is -0.504. The fraction of sp³-hybridized carbons (Fsp3) is 0.235. The second-order valence-corrected chi connectivity index (χ2v) is 5.08. The molecule has 0 aliphatic carbocycles. The van der Waals surface area contributed by atoms with Gasteiger partial charge in [-0.2, -0.15) is 0 Å². The van der Waals surface area contributed by atoms with Gasteiger partial charge in [0.1, 0.15) is 5.82 Å². The third kappa shape index (κ3) is 3.89. The van der Waals surface area contributed by atoms with Crippen LogP contribution in [0.4, 0.5) is 4.39 Å². The molecule has 0 aromatic heterocycles. The van der Waals surface area contributed by atoms with Crippen LogP contribution >= 0.6 is 0 Å². The fourth-order valence-electron chi connectivity index (χ4n) is 2.20. The second-order valence-electron chi connectivity index (χ2n) is 5.08. The monoisotopic (exact) mass is 286 g/mol.